The molecule has 0 saturated carbocycles. The number of halogens is 1. The van der Waals surface area contributed by atoms with Gasteiger partial charge in [0.15, 0.2) is 11.5 Å². The van der Waals surface area contributed by atoms with Gasteiger partial charge in [-0.2, -0.15) is 5.10 Å². The molecule has 0 aliphatic rings. The second kappa shape index (κ2) is 9.23. The first-order valence-corrected chi connectivity index (χ1v) is 8.46. The summed E-state index contributed by atoms with van der Waals surface area (Å²) < 4.78 is 24.2. The minimum atomic E-state index is -0.672. The van der Waals surface area contributed by atoms with Crippen LogP contribution in [0.2, 0.25) is 0 Å². The van der Waals surface area contributed by atoms with Crippen LogP contribution in [0.1, 0.15) is 26.3 Å². The summed E-state index contributed by atoms with van der Waals surface area (Å²) in [5.74, 6) is -1.33. The van der Waals surface area contributed by atoms with Gasteiger partial charge in [-0.05, 0) is 48.0 Å². The number of hydrogen-bond acceptors (Lipinski definition) is 6. The molecule has 1 amide bonds. The van der Waals surface area contributed by atoms with Crippen LogP contribution in [0, 0.1) is 5.82 Å². The summed E-state index contributed by atoms with van der Waals surface area (Å²) in [4.78, 5) is 28.0. The number of methoxy groups -OCH3 is 1. The van der Waals surface area contributed by atoms with E-state index in [2.05, 4.69) is 15.5 Å². The van der Waals surface area contributed by atoms with Crippen molar-refractivity contribution in [2.75, 3.05) is 7.11 Å². The van der Waals surface area contributed by atoms with Gasteiger partial charge in [0.25, 0.3) is 5.91 Å². The second-order valence-electron chi connectivity index (χ2n) is 5.71. The van der Waals surface area contributed by atoms with Crippen molar-refractivity contribution in [1.29, 1.82) is 0 Å². The van der Waals surface area contributed by atoms with Crippen LogP contribution < -0.4 is 14.9 Å². The van der Waals surface area contributed by atoms with Crippen molar-refractivity contribution in [3.05, 3.63) is 89.5 Å². The van der Waals surface area contributed by atoms with E-state index >= 15 is 0 Å². The number of benzene rings is 2. The van der Waals surface area contributed by atoms with E-state index in [1.807, 2.05) is 0 Å². The number of hydrazone groups is 1. The van der Waals surface area contributed by atoms with E-state index in [-0.39, 0.29) is 11.3 Å². The molecule has 1 aromatic heterocycles. The standard InChI is InChI=1S/C21H16FN3O4/c1-28-19-12-14(13-24-25-20(26)16-4-2-3-5-17(16)22)6-7-18(19)29-21(27)15-8-10-23-11-9-15/h2-13H,1H3,(H,25,26)/b24-13-. The monoisotopic (exact) mass is 393 g/mol. The molecular weight excluding hydrogens is 377 g/mol. The molecule has 0 fully saturated rings. The fourth-order valence-electron chi connectivity index (χ4n) is 2.37. The lowest BCUT2D eigenvalue weighted by molar-refractivity contribution is 0.0729. The summed E-state index contributed by atoms with van der Waals surface area (Å²) in [6, 6.07) is 13.4. The van der Waals surface area contributed by atoms with Crippen molar-refractivity contribution in [3.63, 3.8) is 0 Å². The molecule has 7 nitrogen and oxygen atoms in total. The number of aromatic nitrogens is 1. The fourth-order valence-corrected chi connectivity index (χ4v) is 2.37. The summed E-state index contributed by atoms with van der Waals surface area (Å²) in [6.07, 6.45) is 4.34. The van der Waals surface area contributed by atoms with E-state index in [9.17, 15) is 14.0 Å². The third-order valence-corrected chi connectivity index (χ3v) is 3.80. The molecule has 1 N–H and O–H groups in total. The Hall–Kier alpha value is -4.07. The Morgan fingerprint density at radius 3 is 2.55 bits per heavy atom. The average molecular weight is 393 g/mol. The maximum atomic E-state index is 13.6. The molecule has 0 unspecified atom stereocenters. The predicted octanol–water partition coefficient (Wildman–Crippen LogP) is 3.21. The number of carbonyl (C=O) groups is 2. The molecule has 29 heavy (non-hydrogen) atoms. The van der Waals surface area contributed by atoms with Gasteiger partial charge in [-0.3, -0.25) is 9.78 Å². The Morgan fingerprint density at radius 2 is 1.83 bits per heavy atom. The van der Waals surface area contributed by atoms with Crippen molar-refractivity contribution in [1.82, 2.24) is 10.4 Å². The van der Waals surface area contributed by atoms with Gasteiger partial charge < -0.3 is 9.47 Å². The number of nitrogens with one attached hydrogen (secondary N) is 1. The van der Waals surface area contributed by atoms with Gasteiger partial charge in [-0.25, -0.2) is 14.6 Å². The first-order valence-electron chi connectivity index (χ1n) is 8.46. The van der Waals surface area contributed by atoms with Crippen LogP contribution in [-0.2, 0) is 0 Å². The molecule has 0 aliphatic carbocycles. The molecule has 8 heteroatoms. The lowest BCUT2D eigenvalue weighted by Gasteiger charge is -2.09. The normalized spacial score (nSPS) is 10.6. The van der Waals surface area contributed by atoms with Crippen molar-refractivity contribution >= 4 is 18.1 Å². The molecule has 0 aliphatic heterocycles. The summed E-state index contributed by atoms with van der Waals surface area (Å²) in [5.41, 5.74) is 3.06. The zero-order chi connectivity index (χ0) is 20.6. The maximum Gasteiger partial charge on any atom is 0.343 e. The van der Waals surface area contributed by atoms with Gasteiger partial charge in [0, 0.05) is 12.4 Å². The minimum absolute atomic E-state index is 0.111. The Labute approximate surface area is 165 Å². The number of amides is 1. The number of pyridine rings is 1. The predicted molar refractivity (Wildman–Crippen MR) is 104 cm³/mol. The van der Waals surface area contributed by atoms with Gasteiger partial charge in [-0.1, -0.05) is 12.1 Å². The number of hydrogen-bond donors (Lipinski definition) is 1. The number of esters is 1. The molecule has 3 aromatic rings. The highest BCUT2D eigenvalue weighted by Gasteiger charge is 2.13. The van der Waals surface area contributed by atoms with Gasteiger partial charge in [0.05, 0.1) is 24.5 Å². The van der Waals surface area contributed by atoms with E-state index in [4.69, 9.17) is 9.47 Å². The maximum absolute atomic E-state index is 13.6. The molecule has 0 bridgehead atoms. The zero-order valence-corrected chi connectivity index (χ0v) is 15.3. The number of ether oxygens (including phenoxy) is 2. The summed E-state index contributed by atoms with van der Waals surface area (Å²) >= 11 is 0. The third kappa shape index (κ3) is 5.01. The Bertz CT molecular complexity index is 1050. The molecule has 0 spiro atoms. The summed E-state index contributed by atoms with van der Waals surface area (Å²) in [7, 11) is 1.43. The van der Waals surface area contributed by atoms with E-state index < -0.39 is 17.7 Å². The molecule has 0 atom stereocenters. The first-order chi connectivity index (χ1) is 14.1. The molecule has 0 saturated heterocycles. The summed E-state index contributed by atoms with van der Waals surface area (Å²) in [6.45, 7) is 0. The number of rotatable bonds is 6. The van der Waals surface area contributed by atoms with E-state index in [1.54, 1.807) is 18.2 Å². The molecule has 1 heterocycles. The Morgan fingerprint density at radius 1 is 1.07 bits per heavy atom. The van der Waals surface area contributed by atoms with Crippen molar-refractivity contribution < 1.29 is 23.5 Å². The largest absolute Gasteiger partial charge is 0.493 e. The second-order valence-corrected chi connectivity index (χ2v) is 5.71. The van der Waals surface area contributed by atoms with E-state index in [0.717, 1.165) is 0 Å². The highest BCUT2D eigenvalue weighted by molar-refractivity contribution is 5.95. The molecular formula is C21H16FN3O4. The van der Waals surface area contributed by atoms with Crippen LogP contribution in [0.15, 0.2) is 72.1 Å². The molecule has 2 aromatic carbocycles. The molecule has 0 radical (unpaired) electrons. The quantitative estimate of drug-likeness (QED) is 0.301. The van der Waals surface area contributed by atoms with Gasteiger partial charge in [-0.15, -0.1) is 0 Å². The summed E-state index contributed by atoms with van der Waals surface area (Å²) in [5, 5.41) is 3.81. The minimum Gasteiger partial charge on any atom is -0.493 e. The first kappa shape index (κ1) is 19.7. The fraction of sp³-hybridized carbons (Fsp3) is 0.0476. The number of carbonyl (C=O) groups excluding carboxylic acids is 2. The van der Waals surface area contributed by atoms with Crippen molar-refractivity contribution in [3.8, 4) is 11.5 Å². The third-order valence-electron chi connectivity index (χ3n) is 3.80. The lowest BCUT2D eigenvalue weighted by Crippen LogP contribution is -2.18. The van der Waals surface area contributed by atoms with Gasteiger partial charge in [0.2, 0.25) is 0 Å². The van der Waals surface area contributed by atoms with Crippen LogP contribution in [0.4, 0.5) is 4.39 Å². The van der Waals surface area contributed by atoms with Crippen LogP contribution >= 0.6 is 0 Å². The van der Waals surface area contributed by atoms with Crippen LogP contribution in [0.5, 0.6) is 11.5 Å². The van der Waals surface area contributed by atoms with Crippen LogP contribution in [0.3, 0.4) is 0 Å². The smallest absolute Gasteiger partial charge is 0.343 e. The Balaban J connectivity index is 1.68. The lowest BCUT2D eigenvalue weighted by atomic mass is 10.2. The van der Waals surface area contributed by atoms with Gasteiger partial charge in [0.1, 0.15) is 5.82 Å². The van der Waals surface area contributed by atoms with Crippen molar-refractivity contribution in [2.24, 2.45) is 5.10 Å². The van der Waals surface area contributed by atoms with E-state index in [0.29, 0.717) is 16.9 Å². The highest BCUT2D eigenvalue weighted by Crippen LogP contribution is 2.28. The Kier molecular flexibility index (Phi) is 6.26. The average Bonchev–Trinajstić information content (AvgIpc) is 2.75. The van der Waals surface area contributed by atoms with Crippen molar-refractivity contribution in [2.45, 2.75) is 0 Å². The number of nitrogens with zero attached hydrogens (tertiary/aromatic N) is 2. The zero-order valence-electron chi connectivity index (χ0n) is 15.3. The van der Waals surface area contributed by atoms with Crippen LogP contribution in [0.25, 0.3) is 0 Å². The topological polar surface area (TPSA) is 89.9 Å². The van der Waals surface area contributed by atoms with Gasteiger partial charge >= 0.3 is 5.97 Å². The highest BCUT2D eigenvalue weighted by atomic mass is 19.1. The molecule has 3 rings (SSSR count). The molecule has 146 valence electrons. The van der Waals surface area contributed by atoms with E-state index in [1.165, 1.54) is 62.1 Å². The SMILES string of the molecule is COc1cc(/C=N\NC(=O)c2ccccc2F)ccc1OC(=O)c1ccncc1. The van der Waals surface area contributed by atoms with Crippen LogP contribution in [-0.4, -0.2) is 30.2 Å².